The van der Waals surface area contributed by atoms with E-state index in [1.165, 1.54) is 0 Å². The van der Waals surface area contributed by atoms with Crippen LogP contribution in [0.15, 0.2) is 12.3 Å². The van der Waals surface area contributed by atoms with Gasteiger partial charge in [0.2, 0.25) is 0 Å². The third-order valence-electron chi connectivity index (χ3n) is 0.657. The molecule has 0 aliphatic rings. The van der Waals surface area contributed by atoms with Crippen LogP contribution in [0, 0.1) is 0 Å². The minimum absolute atomic E-state index is 0.682. The van der Waals surface area contributed by atoms with E-state index in [9.17, 15) is 0 Å². The van der Waals surface area contributed by atoms with Crippen molar-refractivity contribution in [2.45, 2.75) is 14.8 Å². The molecule has 0 amide bonds. The molecular weight excluding hydrogens is 330 g/mol. The van der Waals surface area contributed by atoms with Gasteiger partial charge in [0.25, 0.3) is 0 Å². The van der Waals surface area contributed by atoms with Gasteiger partial charge in [-0.05, 0) is 12.8 Å². The smallest absolute Gasteiger partial charge is 0.0751 e. The Morgan fingerprint density at radius 1 is 1.50 bits per heavy atom. The van der Waals surface area contributed by atoms with E-state index in [-0.39, 0.29) is 0 Å². The van der Waals surface area contributed by atoms with Gasteiger partial charge in [-0.15, -0.1) is 0 Å². The molecule has 0 saturated carbocycles. The number of alkyl halides is 2. The van der Waals surface area contributed by atoms with Gasteiger partial charge in [-0.1, -0.05) is 51.3 Å². The highest BCUT2D eigenvalue weighted by Crippen LogP contribution is 2.15. The van der Waals surface area contributed by atoms with Crippen LogP contribution < -0.4 is 0 Å². The third-order valence-corrected chi connectivity index (χ3v) is 1.90. The van der Waals surface area contributed by atoms with Gasteiger partial charge >= 0.3 is 0 Å². The Balaban J connectivity index is 2.93. The maximum atomic E-state index is 8.19. The van der Waals surface area contributed by atoms with Crippen molar-refractivity contribution in [1.29, 1.82) is 0 Å². The fourth-order valence-electron chi connectivity index (χ4n) is 0.297. The molecular formula is C5H8I2O. The summed E-state index contributed by atoms with van der Waals surface area (Å²) in [4.78, 5) is 0. The topological polar surface area (TPSA) is 20.2 Å². The zero-order valence-corrected chi connectivity index (χ0v) is 8.66. The zero-order chi connectivity index (χ0) is 6.41. The third kappa shape index (κ3) is 7.00. The first-order valence-electron chi connectivity index (χ1n) is 2.34. The van der Waals surface area contributed by atoms with Gasteiger partial charge < -0.3 is 5.11 Å². The minimum Gasteiger partial charge on any atom is -0.516 e. The first kappa shape index (κ1) is 9.00. The molecule has 0 aromatic rings. The Labute approximate surface area is 76.8 Å². The van der Waals surface area contributed by atoms with Crippen LogP contribution in [-0.4, -0.2) is 7.04 Å². The van der Waals surface area contributed by atoms with Gasteiger partial charge in [-0.25, -0.2) is 0 Å². The number of hydrogen-bond acceptors (Lipinski definition) is 1. The minimum atomic E-state index is 0.682. The predicted molar refractivity (Wildman–Crippen MR) is 52.8 cm³/mol. The average molecular weight is 338 g/mol. The maximum Gasteiger partial charge on any atom is 0.0751 e. The number of aliphatic hydroxyl groups is 1. The van der Waals surface area contributed by atoms with Gasteiger partial charge in [0.05, 0.1) is 8.19 Å². The molecule has 1 N–H and O–H groups in total. The Bertz CT molecular complexity index is 70.8. The zero-order valence-electron chi connectivity index (χ0n) is 4.35. The molecule has 0 atom stereocenters. The van der Waals surface area contributed by atoms with E-state index in [4.69, 9.17) is 5.11 Å². The fourth-order valence-corrected chi connectivity index (χ4v) is 1.02. The second kappa shape index (κ2) is 6.12. The lowest BCUT2D eigenvalue weighted by molar-refractivity contribution is 0.470. The van der Waals surface area contributed by atoms with Crippen LogP contribution in [-0.2, 0) is 0 Å². The van der Waals surface area contributed by atoms with Crippen molar-refractivity contribution in [1.82, 2.24) is 0 Å². The molecule has 0 unspecified atom stereocenters. The van der Waals surface area contributed by atoms with Crippen LogP contribution >= 0.6 is 45.2 Å². The summed E-state index contributed by atoms with van der Waals surface area (Å²) in [5.74, 6) is 0. The van der Waals surface area contributed by atoms with E-state index in [1.54, 1.807) is 6.08 Å². The maximum absolute atomic E-state index is 8.19. The molecule has 0 aromatic carbocycles. The van der Waals surface area contributed by atoms with Crippen LogP contribution in [0.2, 0.25) is 0 Å². The molecule has 0 fully saturated rings. The van der Waals surface area contributed by atoms with Crippen molar-refractivity contribution in [2.75, 3.05) is 0 Å². The summed E-state index contributed by atoms with van der Waals surface area (Å²) >= 11 is 4.71. The van der Waals surface area contributed by atoms with Crippen LogP contribution in [0.4, 0.5) is 0 Å². The largest absolute Gasteiger partial charge is 0.516 e. The van der Waals surface area contributed by atoms with E-state index in [0.717, 1.165) is 19.1 Å². The summed E-state index contributed by atoms with van der Waals surface area (Å²) in [6, 6.07) is 0. The standard InChI is InChI=1S/C5H8I2O/c6-5(7)3-1-2-4-8/h2,4-5,8H,1,3H2. The summed E-state index contributed by atoms with van der Waals surface area (Å²) in [7, 11) is 0. The Hall–Kier alpha value is 1.00. The van der Waals surface area contributed by atoms with Crippen LogP contribution in [0.5, 0.6) is 0 Å². The molecule has 1 nitrogen and oxygen atoms in total. The molecule has 3 heteroatoms. The number of rotatable bonds is 3. The average Bonchev–Trinajstić information content (AvgIpc) is 1.66. The number of hydrogen-bond donors (Lipinski definition) is 1. The Kier molecular flexibility index (Phi) is 6.89. The van der Waals surface area contributed by atoms with Gasteiger partial charge in [0.1, 0.15) is 0 Å². The quantitative estimate of drug-likeness (QED) is 0.477. The van der Waals surface area contributed by atoms with E-state index < -0.39 is 0 Å². The summed E-state index contributed by atoms with van der Waals surface area (Å²) in [6.45, 7) is 0. The summed E-state index contributed by atoms with van der Waals surface area (Å²) < 4.78 is 0.682. The highest BCUT2D eigenvalue weighted by atomic mass is 127. The van der Waals surface area contributed by atoms with E-state index in [1.807, 2.05) is 0 Å². The van der Waals surface area contributed by atoms with E-state index >= 15 is 0 Å². The second-order valence-corrected chi connectivity index (χ2v) is 6.74. The molecule has 48 valence electrons. The monoisotopic (exact) mass is 338 g/mol. The fraction of sp³-hybridized carbons (Fsp3) is 0.600. The second-order valence-electron chi connectivity index (χ2n) is 1.35. The normalized spacial score (nSPS) is 11.4. The molecule has 0 aromatic heterocycles. The van der Waals surface area contributed by atoms with Crippen LogP contribution in [0.25, 0.3) is 0 Å². The van der Waals surface area contributed by atoms with Gasteiger partial charge in [-0.3, -0.25) is 0 Å². The van der Waals surface area contributed by atoms with E-state index in [0.29, 0.717) is 1.93 Å². The Morgan fingerprint density at radius 3 is 2.50 bits per heavy atom. The summed E-state index contributed by atoms with van der Waals surface area (Å²) in [5, 5.41) is 8.19. The molecule has 0 heterocycles. The number of allylic oxidation sites excluding steroid dienone is 1. The molecule has 0 spiro atoms. The molecule has 0 aliphatic heterocycles. The van der Waals surface area contributed by atoms with Crippen molar-refractivity contribution in [3.05, 3.63) is 12.3 Å². The lowest BCUT2D eigenvalue weighted by atomic mass is 10.3. The molecule has 0 rings (SSSR count). The Morgan fingerprint density at radius 2 is 2.12 bits per heavy atom. The lowest BCUT2D eigenvalue weighted by Crippen LogP contribution is -1.80. The molecule has 0 radical (unpaired) electrons. The first-order valence-corrected chi connectivity index (χ1v) is 4.84. The van der Waals surface area contributed by atoms with Crippen LogP contribution in [0.1, 0.15) is 12.8 Å². The van der Waals surface area contributed by atoms with Crippen LogP contribution in [0.3, 0.4) is 0 Å². The highest BCUT2D eigenvalue weighted by Gasteiger charge is 1.92. The van der Waals surface area contributed by atoms with Crippen molar-refractivity contribution in [3.63, 3.8) is 0 Å². The highest BCUT2D eigenvalue weighted by molar-refractivity contribution is 14.2. The summed E-state index contributed by atoms with van der Waals surface area (Å²) in [6.07, 6.45) is 4.99. The van der Waals surface area contributed by atoms with Crippen molar-refractivity contribution in [2.24, 2.45) is 0 Å². The molecule has 8 heavy (non-hydrogen) atoms. The first-order chi connectivity index (χ1) is 3.77. The molecule has 0 aliphatic carbocycles. The van der Waals surface area contributed by atoms with Crippen molar-refractivity contribution < 1.29 is 5.11 Å². The predicted octanol–water partition coefficient (Wildman–Crippen LogP) is 3.03. The lowest BCUT2D eigenvalue weighted by Gasteiger charge is -1.93. The molecule has 0 bridgehead atoms. The molecule has 0 saturated heterocycles. The SMILES string of the molecule is OC=CCCC(I)I. The summed E-state index contributed by atoms with van der Waals surface area (Å²) in [5.41, 5.74) is 0. The van der Waals surface area contributed by atoms with Crippen molar-refractivity contribution >= 4 is 45.2 Å². The van der Waals surface area contributed by atoms with Gasteiger partial charge in [0.15, 0.2) is 0 Å². The van der Waals surface area contributed by atoms with E-state index in [2.05, 4.69) is 45.2 Å². The number of aliphatic hydroxyl groups excluding tert-OH is 1. The van der Waals surface area contributed by atoms with Gasteiger partial charge in [-0.2, -0.15) is 0 Å². The number of halogens is 2. The van der Waals surface area contributed by atoms with Crippen molar-refractivity contribution in [3.8, 4) is 0 Å². The van der Waals surface area contributed by atoms with Gasteiger partial charge in [0, 0.05) is 0 Å².